The SMILES string of the molecule is CCOc1c(Br)cc(C(=O)O[C@H](C)C(=O)NCC(C)C)cc1OC. The molecule has 1 aromatic carbocycles. The van der Waals surface area contributed by atoms with Crippen molar-refractivity contribution in [3.8, 4) is 11.5 Å². The van der Waals surface area contributed by atoms with E-state index in [0.29, 0.717) is 35.0 Å². The van der Waals surface area contributed by atoms with E-state index >= 15 is 0 Å². The third-order valence-electron chi connectivity index (χ3n) is 3.09. The van der Waals surface area contributed by atoms with Crippen LogP contribution in [-0.2, 0) is 9.53 Å². The van der Waals surface area contributed by atoms with Crippen molar-refractivity contribution in [2.45, 2.75) is 33.8 Å². The standard InChI is InChI=1S/C17H24BrNO5/c1-6-23-15-13(18)7-12(8-14(15)22-5)17(21)24-11(4)16(20)19-9-10(2)3/h7-8,10-11H,6,9H2,1-5H3,(H,19,20)/t11-/m1/s1. The van der Waals surface area contributed by atoms with Gasteiger partial charge in [-0.15, -0.1) is 0 Å². The van der Waals surface area contributed by atoms with Crippen molar-refractivity contribution in [2.75, 3.05) is 20.3 Å². The highest BCUT2D eigenvalue weighted by Crippen LogP contribution is 2.36. The van der Waals surface area contributed by atoms with Crippen LogP contribution in [0.15, 0.2) is 16.6 Å². The summed E-state index contributed by atoms with van der Waals surface area (Å²) in [5.41, 5.74) is 0.269. The molecule has 0 heterocycles. The topological polar surface area (TPSA) is 73.9 Å². The van der Waals surface area contributed by atoms with Crippen LogP contribution in [-0.4, -0.2) is 38.2 Å². The molecule has 0 fully saturated rings. The fourth-order valence-electron chi connectivity index (χ4n) is 1.85. The molecular weight excluding hydrogens is 378 g/mol. The van der Waals surface area contributed by atoms with Crippen molar-refractivity contribution < 1.29 is 23.8 Å². The van der Waals surface area contributed by atoms with Gasteiger partial charge in [0.05, 0.1) is 23.8 Å². The summed E-state index contributed by atoms with van der Waals surface area (Å²) in [6.45, 7) is 8.36. The molecular formula is C17H24BrNO5. The van der Waals surface area contributed by atoms with Gasteiger partial charge in [-0.1, -0.05) is 13.8 Å². The molecule has 1 N–H and O–H groups in total. The largest absolute Gasteiger partial charge is 0.493 e. The van der Waals surface area contributed by atoms with E-state index < -0.39 is 12.1 Å². The highest BCUT2D eigenvalue weighted by atomic mass is 79.9. The number of nitrogens with one attached hydrogen (secondary N) is 1. The van der Waals surface area contributed by atoms with Gasteiger partial charge in [0.25, 0.3) is 5.91 Å². The molecule has 1 aromatic rings. The van der Waals surface area contributed by atoms with Crippen LogP contribution < -0.4 is 14.8 Å². The molecule has 1 atom stereocenters. The quantitative estimate of drug-likeness (QED) is 0.677. The summed E-state index contributed by atoms with van der Waals surface area (Å²) < 4.78 is 16.5. The van der Waals surface area contributed by atoms with Gasteiger partial charge in [0.2, 0.25) is 0 Å². The van der Waals surface area contributed by atoms with Crippen molar-refractivity contribution >= 4 is 27.8 Å². The molecule has 0 aliphatic heterocycles. The predicted molar refractivity (Wildman–Crippen MR) is 94.6 cm³/mol. The number of carbonyl (C=O) groups excluding carboxylic acids is 2. The molecule has 1 rings (SSSR count). The molecule has 24 heavy (non-hydrogen) atoms. The van der Waals surface area contributed by atoms with Crippen LogP contribution >= 0.6 is 15.9 Å². The second kappa shape index (κ2) is 9.52. The molecule has 0 aliphatic rings. The molecule has 0 aromatic heterocycles. The normalized spacial score (nSPS) is 11.8. The Hall–Kier alpha value is -1.76. The number of hydrogen-bond donors (Lipinski definition) is 1. The highest BCUT2D eigenvalue weighted by Gasteiger charge is 2.21. The third-order valence-corrected chi connectivity index (χ3v) is 3.68. The van der Waals surface area contributed by atoms with Crippen LogP contribution in [0.3, 0.4) is 0 Å². The number of esters is 1. The fraction of sp³-hybridized carbons (Fsp3) is 0.529. The van der Waals surface area contributed by atoms with Crippen molar-refractivity contribution in [2.24, 2.45) is 5.92 Å². The van der Waals surface area contributed by atoms with Gasteiger partial charge in [0.15, 0.2) is 17.6 Å². The van der Waals surface area contributed by atoms with Gasteiger partial charge in [-0.25, -0.2) is 4.79 Å². The van der Waals surface area contributed by atoms with Gasteiger partial charge in [-0.05, 0) is 47.8 Å². The maximum Gasteiger partial charge on any atom is 0.339 e. The molecule has 0 unspecified atom stereocenters. The highest BCUT2D eigenvalue weighted by molar-refractivity contribution is 9.10. The minimum Gasteiger partial charge on any atom is -0.493 e. The lowest BCUT2D eigenvalue weighted by atomic mass is 10.2. The number of benzene rings is 1. The van der Waals surface area contributed by atoms with Crippen LogP contribution in [0.5, 0.6) is 11.5 Å². The van der Waals surface area contributed by atoms with E-state index in [-0.39, 0.29) is 11.5 Å². The van der Waals surface area contributed by atoms with Crippen LogP contribution in [0.1, 0.15) is 38.1 Å². The van der Waals surface area contributed by atoms with E-state index in [1.807, 2.05) is 20.8 Å². The number of methoxy groups -OCH3 is 1. The molecule has 6 nitrogen and oxygen atoms in total. The smallest absolute Gasteiger partial charge is 0.339 e. The lowest BCUT2D eigenvalue weighted by molar-refractivity contribution is -0.129. The van der Waals surface area contributed by atoms with Crippen molar-refractivity contribution in [1.82, 2.24) is 5.32 Å². The molecule has 1 amide bonds. The number of hydrogen-bond acceptors (Lipinski definition) is 5. The van der Waals surface area contributed by atoms with Crippen LogP contribution in [0.2, 0.25) is 0 Å². The van der Waals surface area contributed by atoms with E-state index in [2.05, 4.69) is 21.2 Å². The predicted octanol–water partition coefficient (Wildman–Crippen LogP) is 3.17. The van der Waals surface area contributed by atoms with Crippen LogP contribution in [0.4, 0.5) is 0 Å². The molecule has 0 saturated carbocycles. The Balaban J connectivity index is 2.84. The van der Waals surface area contributed by atoms with Crippen molar-refractivity contribution in [3.63, 3.8) is 0 Å². The second-order valence-corrected chi connectivity index (χ2v) is 6.46. The van der Waals surface area contributed by atoms with Gasteiger partial charge in [-0.2, -0.15) is 0 Å². The summed E-state index contributed by atoms with van der Waals surface area (Å²) in [5.74, 6) is 0.316. The first kappa shape index (κ1) is 20.3. The summed E-state index contributed by atoms with van der Waals surface area (Å²) in [5, 5.41) is 2.73. The average Bonchev–Trinajstić information content (AvgIpc) is 2.53. The van der Waals surface area contributed by atoms with Gasteiger partial charge >= 0.3 is 5.97 Å². The van der Waals surface area contributed by atoms with Crippen LogP contribution in [0, 0.1) is 5.92 Å². The van der Waals surface area contributed by atoms with Crippen molar-refractivity contribution in [1.29, 1.82) is 0 Å². The lowest BCUT2D eigenvalue weighted by Crippen LogP contribution is -2.37. The molecule has 0 saturated heterocycles. The first-order valence-electron chi connectivity index (χ1n) is 7.79. The number of ether oxygens (including phenoxy) is 3. The first-order chi connectivity index (χ1) is 11.3. The molecule has 0 bridgehead atoms. The Morgan fingerprint density at radius 2 is 1.92 bits per heavy atom. The number of rotatable bonds is 8. The summed E-state index contributed by atoms with van der Waals surface area (Å²) in [6, 6.07) is 3.10. The Bertz CT molecular complexity index is 589. The van der Waals surface area contributed by atoms with Gasteiger partial charge in [0.1, 0.15) is 0 Å². The number of amides is 1. The second-order valence-electron chi connectivity index (χ2n) is 5.61. The maximum atomic E-state index is 12.3. The Morgan fingerprint density at radius 3 is 2.46 bits per heavy atom. The summed E-state index contributed by atoms with van der Waals surface area (Å²) in [6.07, 6.45) is -0.882. The van der Waals surface area contributed by atoms with E-state index in [9.17, 15) is 9.59 Å². The molecule has 0 aliphatic carbocycles. The van der Waals surface area contributed by atoms with Gasteiger partial charge < -0.3 is 19.5 Å². The number of halogens is 1. The average molecular weight is 402 g/mol. The summed E-state index contributed by atoms with van der Waals surface area (Å²) in [7, 11) is 1.49. The number of carbonyl (C=O) groups is 2. The van der Waals surface area contributed by atoms with E-state index in [0.717, 1.165) is 0 Å². The molecule has 134 valence electrons. The minimum absolute atomic E-state index is 0.269. The molecule has 0 spiro atoms. The van der Waals surface area contributed by atoms with Gasteiger partial charge in [-0.3, -0.25) is 4.79 Å². The van der Waals surface area contributed by atoms with E-state index in [4.69, 9.17) is 14.2 Å². The lowest BCUT2D eigenvalue weighted by Gasteiger charge is -2.16. The van der Waals surface area contributed by atoms with Crippen molar-refractivity contribution in [3.05, 3.63) is 22.2 Å². The summed E-state index contributed by atoms with van der Waals surface area (Å²) >= 11 is 3.35. The minimum atomic E-state index is -0.882. The van der Waals surface area contributed by atoms with Gasteiger partial charge in [0, 0.05) is 6.54 Å². The zero-order chi connectivity index (χ0) is 18.3. The van der Waals surface area contributed by atoms with Crippen LogP contribution in [0.25, 0.3) is 0 Å². The zero-order valence-electron chi connectivity index (χ0n) is 14.6. The third kappa shape index (κ3) is 5.70. The Kier molecular flexibility index (Phi) is 8.04. The Morgan fingerprint density at radius 1 is 1.25 bits per heavy atom. The summed E-state index contributed by atoms with van der Waals surface area (Å²) in [4.78, 5) is 24.2. The monoisotopic (exact) mass is 401 g/mol. The zero-order valence-corrected chi connectivity index (χ0v) is 16.2. The molecule has 7 heteroatoms. The van der Waals surface area contributed by atoms with E-state index in [1.165, 1.54) is 20.1 Å². The fourth-order valence-corrected chi connectivity index (χ4v) is 2.41. The Labute approximate surface area is 151 Å². The van der Waals surface area contributed by atoms with E-state index in [1.54, 1.807) is 6.07 Å². The maximum absolute atomic E-state index is 12.3. The first-order valence-corrected chi connectivity index (χ1v) is 8.58. The molecule has 0 radical (unpaired) electrons.